The van der Waals surface area contributed by atoms with Gasteiger partial charge < -0.3 is 5.11 Å². The molecule has 3 nitrogen and oxygen atoms in total. The molecule has 0 aliphatic carbocycles. The molecule has 2 heterocycles. The first-order valence-electron chi connectivity index (χ1n) is 8.60. The Hall–Kier alpha value is -0.820. The summed E-state index contributed by atoms with van der Waals surface area (Å²) >= 11 is 5.34. The third-order valence-corrected chi connectivity index (χ3v) is 6.73. The van der Waals surface area contributed by atoms with E-state index in [-0.39, 0.29) is 17.0 Å². The molecule has 2 aliphatic heterocycles. The first-order chi connectivity index (χ1) is 12.0. The largest absolute Gasteiger partial charge is 0.346 e. The van der Waals surface area contributed by atoms with E-state index < -0.39 is 5.72 Å². The normalized spacial score (nSPS) is 22.2. The zero-order valence-corrected chi connectivity index (χ0v) is 19.0. The number of benzene rings is 2. The summed E-state index contributed by atoms with van der Waals surface area (Å²) < 4.78 is 3.22. The molecule has 2 aromatic rings. The molecule has 1 atom stereocenters. The Balaban J connectivity index is 0.00000196. The molecule has 26 heavy (non-hydrogen) atoms. The topological polar surface area (TPSA) is 26.5 Å². The van der Waals surface area contributed by atoms with Crippen molar-refractivity contribution in [1.29, 1.82) is 0 Å². The van der Waals surface area contributed by atoms with Gasteiger partial charge >= 0.3 is 5.17 Å². The molecular formula is C20H23Br2N2OS+. The minimum Gasteiger partial charge on any atom is -0.346 e. The van der Waals surface area contributed by atoms with Gasteiger partial charge in [-0.3, -0.25) is 0 Å². The van der Waals surface area contributed by atoms with Crippen molar-refractivity contribution in [3.05, 3.63) is 63.6 Å². The molecule has 0 bridgehead atoms. The van der Waals surface area contributed by atoms with Crippen LogP contribution in [0.2, 0.25) is 0 Å². The van der Waals surface area contributed by atoms with Gasteiger partial charge in [-0.15, -0.1) is 17.0 Å². The van der Waals surface area contributed by atoms with E-state index in [0.717, 1.165) is 28.8 Å². The van der Waals surface area contributed by atoms with E-state index in [1.54, 1.807) is 0 Å². The van der Waals surface area contributed by atoms with Crippen LogP contribution in [-0.2, 0) is 5.72 Å². The van der Waals surface area contributed by atoms with Crippen molar-refractivity contribution in [2.24, 2.45) is 0 Å². The van der Waals surface area contributed by atoms with Gasteiger partial charge in [-0.1, -0.05) is 40.2 Å². The average molecular weight is 499 g/mol. The van der Waals surface area contributed by atoms with Gasteiger partial charge in [0.2, 0.25) is 0 Å². The first kappa shape index (κ1) is 19.9. The van der Waals surface area contributed by atoms with Crippen molar-refractivity contribution in [2.75, 3.05) is 23.7 Å². The lowest BCUT2D eigenvalue weighted by Crippen LogP contribution is -2.41. The van der Waals surface area contributed by atoms with Crippen LogP contribution in [0.25, 0.3) is 0 Å². The van der Waals surface area contributed by atoms with Crippen LogP contribution >= 0.6 is 44.7 Å². The monoisotopic (exact) mass is 497 g/mol. The Kier molecular flexibility index (Phi) is 5.87. The van der Waals surface area contributed by atoms with E-state index in [9.17, 15) is 5.11 Å². The summed E-state index contributed by atoms with van der Waals surface area (Å²) in [5.74, 6) is 1.10. The SMILES string of the molecule is Br.Cc1ccc(C)c(N2CC(O)(c3ccc(Br)cc3)[N+]3=C2SCCC3)c1. The Morgan fingerprint density at radius 2 is 1.88 bits per heavy atom. The van der Waals surface area contributed by atoms with Gasteiger partial charge in [-0.05, 0) is 61.4 Å². The summed E-state index contributed by atoms with van der Waals surface area (Å²) in [5.41, 5.74) is 3.64. The van der Waals surface area contributed by atoms with Gasteiger partial charge in [0.1, 0.15) is 5.69 Å². The summed E-state index contributed by atoms with van der Waals surface area (Å²) in [6, 6.07) is 14.6. The van der Waals surface area contributed by atoms with E-state index in [4.69, 9.17) is 0 Å². The zero-order valence-electron chi connectivity index (χ0n) is 14.9. The van der Waals surface area contributed by atoms with Crippen molar-refractivity contribution < 1.29 is 9.68 Å². The maximum absolute atomic E-state index is 11.7. The van der Waals surface area contributed by atoms with Crippen molar-refractivity contribution in [2.45, 2.75) is 26.0 Å². The molecule has 0 fully saturated rings. The highest BCUT2D eigenvalue weighted by molar-refractivity contribution is 9.10. The second kappa shape index (κ2) is 7.66. The molecule has 6 heteroatoms. The van der Waals surface area contributed by atoms with Crippen molar-refractivity contribution in [3.63, 3.8) is 0 Å². The highest BCUT2D eigenvalue weighted by Gasteiger charge is 2.53. The number of halogens is 2. The summed E-state index contributed by atoms with van der Waals surface area (Å²) in [6.07, 6.45) is 1.09. The summed E-state index contributed by atoms with van der Waals surface area (Å²) in [4.78, 5) is 2.30. The molecule has 0 radical (unpaired) electrons. The number of hydrogen-bond donors (Lipinski definition) is 1. The van der Waals surface area contributed by atoms with E-state index in [2.05, 4.69) is 57.5 Å². The third kappa shape index (κ3) is 3.37. The van der Waals surface area contributed by atoms with E-state index in [0.29, 0.717) is 6.54 Å². The second-order valence-electron chi connectivity index (χ2n) is 6.84. The number of nitrogens with zero attached hydrogens (tertiary/aromatic N) is 2. The lowest BCUT2D eigenvalue weighted by molar-refractivity contribution is -0.656. The third-order valence-electron chi connectivity index (χ3n) is 5.01. The summed E-state index contributed by atoms with van der Waals surface area (Å²) in [5, 5.41) is 12.8. The van der Waals surface area contributed by atoms with E-state index in [1.807, 2.05) is 36.0 Å². The number of rotatable bonds is 2. The zero-order chi connectivity index (χ0) is 17.6. The maximum atomic E-state index is 11.7. The molecular weight excluding hydrogens is 476 g/mol. The molecule has 1 N–H and O–H groups in total. The van der Waals surface area contributed by atoms with Crippen LogP contribution in [0, 0.1) is 13.8 Å². The Labute approximate surface area is 178 Å². The molecule has 138 valence electrons. The van der Waals surface area contributed by atoms with Crippen LogP contribution < -0.4 is 4.90 Å². The number of aliphatic hydroxyl groups is 1. The van der Waals surface area contributed by atoms with Gasteiger partial charge in [-0.25, -0.2) is 9.48 Å². The van der Waals surface area contributed by atoms with Gasteiger partial charge in [0.25, 0.3) is 5.72 Å². The molecule has 0 spiro atoms. The molecule has 0 saturated carbocycles. The number of amidine groups is 1. The van der Waals surface area contributed by atoms with Crippen LogP contribution in [-0.4, -0.2) is 33.7 Å². The highest BCUT2D eigenvalue weighted by atomic mass is 79.9. The fourth-order valence-corrected chi connectivity index (χ4v) is 5.10. The van der Waals surface area contributed by atoms with Crippen LogP contribution in [0.3, 0.4) is 0 Å². The highest BCUT2D eigenvalue weighted by Crippen LogP contribution is 2.39. The van der Waals surface area contributed by atoms with Crippen LogP contribution in [0.1, 0.15) is 23.1 Å². The van der Waals surface area contributed by atoms with Crippen molar-refractivity contribution >= 4 is 55.5 Å². The number of hydrogen-bond acceptors (Lipinski definition) is 3. The predicted octanol–water partition coefficient (Wildman–Crippen LogP) is 4.81. The fraction of sp³-hybridized carbons (Fsp3) is 0.350. The van der Waals surface area contributed by atoms with Gasteiger partial charge in [0.15, 0.2) is 6.54 Å². The molecule has 2 aromatic carbocycles. The quantitative estimate of drug-likeness (QED) is 0.601. The number of anilines is 1. The predicted molar refractivity (Wildman–Crippen MR) is 119 cm³/mol. The number of aryl methyl sites for hydroxylation is 2. The first-order valence-corrected chi connectivity index (χ1v) is 10.4. The maximum Gasteiger partial charge on any atom is 0.316 e. The molecule has 2 aliphatic rings. The van der Waals surface area contributed by atoms with Gasteiger partial charge in [-0.2, -0.15) is 0 Å². The summed E-state index contributed by atoms with van der Waals surface area (Å²) in [7, 11) is 0. The Morgan fingerprint density at radius 3 is 2.62 bits per heavy atom. The lowest BCUT2D eigenvalue weighted by atomic mass is 10.0. The number of β-amino-alcohol motifs (C(OH)–C–C–N with tert-alkyl or cyclic N) is 1. The minimum atomic E-state index is -0.986. The average Bonchev–Trinajstić information content (AvgIpc) is 2.92. The molecule has 0 aromatic heterocycles. The molecule has 4 rings (SSSR count). The standard InChI is InChI=1S/C20H22BrN2OS.BrH/c1-14-4-5-15(2)18(12-14)22-13-20(24,16-6-8-17(21)9-7-16)23-10-3-11-25-19(22)23;/h4-9,12,24H,3,10-11,13H2,1-2H3;1H/q+1;. The van der Waals surface area contributed by atoms with Gasteiger partial charge in [0, 0.05) is 15.8 Å². The summed E-state index contributed by atoms with van der Waals surface area (Å²) in [6.45, 7) is 5.71. The molecule has 0 saturated heterocycles. The van der Waals surface area contributed by atoms with E-state index in [1.165, 1.54) is 22.0 Å². The van der Waals surface area contributed by atoms with E-state index >= 15 is 0 Å². The fourth-order valence-electron chi connectivity index (χ4n) is 3.66. The van der Waals surface area contributed by atoms with Crippen LogP contribution in [0.5, 0.6) is 0 Å². The second-order valence-corrected chi connectivity index (χ2v) is 8.81. The lowest BCUT2D eigenvalue weighted by Gasteiger charge is -2.24. The Morgan fingerprint density at radius 1 is 1.15 bits per heavy atom. The van der Waals surface area contributed by atoms with Crippen LogP contribution in [0.4, 0.5) is 5.69 Å². The van der Waals surface area contributed by atoms with Gasteiger partial charge in [0.05, 0.1) is 6.54 Å². The Bertz CT molecular complexity index is 853. The van der Waals surface area contributed by atoms with Crippen LogP contribution in [0.15, 0.2) is 46.9 Å². The van der Waals surface area contributed by atoms with Crippen molar-refractivity contribution in [3.8, 4) is 0 Å². The number of thioether (sulfide) groups is 1. The molecule has 0 amide bonds. The smallest absolute Gasteiger partial charge is 0.316 e. The molecule has 1 unspecified atom stereocenters. The minimum absolute atomic E-state index is 0. The van der Waals surface area contributed by atoms with Crippen molar-refractivity contribution in [1.82, 2.24) is 0 Å².